The van der Waals surface area contributed by atoms with Gasteiger partial charge < -0.3 is 5.11 Å². The molecular weight excluding hydrogens is 298 g/mol. The Morgan fingerprint density at radius 1 is 1.00 bits per heavy atom. The van der Waals surface area contributed by atoms with E-state index < -0.39 is 11.3 Å². The molecule has 0 amide bonds. The molecule has 1 fully saturated rings. The molecule has 4 heteroatoms. The van der Waals surface area contributed by atoms with Gasteiger partial charge in [0.25, 0.3) is 0 Å². The normalized spacial score (nSPS) is 22.9. The zero-order valence-electron chi connectivity index (χ0n) is 13.8. The van der Waals surface area contributed by atoms with E-state index in [9.17, 15) is 18.7 Å². The van der Waals surface area contributed by atoms with Crippen molar-refractivity contribution >= 4 is 11.4 Å². The summed E-state index contributed by atoms with van der Waals surface area (Å²) in [5.74, 6) is -2.76. The molecule has 3 rings (SSSR count). The Labute approximate surface area is 135 Å². The number of ketones is 1. The average molecular weight is 320 g/mol. The second kappa shape index (κ2) is 5.15. The molecule has 124 valence electrons. The Morgan fingerprint density at radius 2 is 1.52 bits per heavy atom. The van der Waals surface area contributed by atoms with Crippen LogP contribution in [0.4, 0.5) is 8.78 Å². The predicted octanol–water partition coefficient (Wildman–Crippen LogP) is 5.05. The number of hydrogen-bond donors (Lipinski definition) is 1. The maximum absolute atomic E-state index is 13.5. The summed E-state index contributed by atoms with van der Waals surface area (Å²) in [5.41, 5.74) is 3.32. The molecule has 1 saturated carbocycles. The molecule has 1 spiro atoms. The number of alkyl halides is 2. The highest BCUT2D eigenvalue weighted by atomic mass is 19.3. The lowest BCUT2D eigenvalue weighted by Crippen LogP contribution is -2.33. The van der Waals surface area contributed by atoms with Gasteiger partial charge in [-0.05, 0) is 50.3 Å². The zero-order chi connectivity index (χ0) is 17.0. The van der Waals surface area contributed by atoms with Gasteiger partial charge in [-0.1, -0.05) is 17.7 Å². The van der Waals surface area contributed by atoms with E-state index in [1.807, 2.05) is 32.9 Å². The molecule has 1 aromatic carbocycles. The third-order valence-corrected chi connectivity index (χ3v) is 5.38. The topological polar surface area (TPSA) is 37.3 Å². The summed E-state index contributed by atoms with van der Waals surface area (Å²) >= 11 is 0. The van der Waals surface area contributed by atoms with Crippen molar-refractivity contribution in [3.8, 4) is 0 Å². The Kier molecular flexibility index (Phi) is 3.62. The van der Waals surface area contributed by atoms with Crippen LogP contribution in [0.5, 0.6) is 0 Å². The summed E-state index contributed by atoms with van der Waals surface area (Å²) in [6.07, 6.45) is -0.0278. The van der Waals surface area contributed by atoms with Crippen molar-refractivity contribution in [1.29, 1.82) is 0 Å². The number of rotatable bonds is 1. The van der Waals surface area contributed by atoms with Crippen LogP contribution >= 0.6 is 0 Å². The van der Waals surface area contributed by atoms with E-state index >= 15 is 0 Å². The van der Waals surface area contributed by atoms with Gasteiger partial charge in [0.15, 0.2) is 5.78 Å². The third-order valence-electron chi connectivity index (χ3n) is 5.38. The standard InChI is InChI=1S/C19H22F2O2/c1-11-8-12(2)15(13(3)9-11)16-14(22)10-18(17(16)23)4-6-19(20,21)7-5-18/h8-9,23H,4-7,10H2,1-3H3. The van der Waals surface area contributed by atoms with Crippen molar-refractivity contribution in [3.63, 3.8) is 0 Å². The number of aliphatic hydroxyl groups excluding tert-OH is 1. The van der Waals surface area contributed by atoms with E-state index in [-0.39, 0.29) is 43.6 Å². The van der Waals surface area contributed by atoms with Crippen molar-refractivity contribution in [2.24, 2.45) is 5.41 Å². The number of aryl methyl sites for hydroxylation is 3. The summed E-state index contributed by atoms with van der Waals surface area (Å²) in [7, 11) is 0. The average Bonchev–Trinajstić information content (AvgIpc) is 2.66. The number of carbonyl (C=O) groups is 1. The monoisotopic (exact) mass is 320 g/mol. The second-order valence-corrected chi connectivity index (χ2v) is 7.23. The Morgan fingerprint density at radius 3 is 2.04 bits per heavy atom. The molecule has 1 aromatic rings. The highest BCUT2D eigenvalue weighted by Crippen LogP contribution is 2.55. The molecule has 2 aliphatic rings. The summed E-state index contributed by atoms with van der Waals surface area (Å²) < 4.78 is 27.0. The summed E-state index contributed by atoms with van der Waals surface area (Å²) in [6.45, 7) is 5.82. The lowest BCUT2D eigenvalue weighted by molar-refractivity contribution is -0.116. The number of Topliss-reactive ketones (excluding diaryl/α,β-unsaturated/α-hetero) is 1. The smallest absolute Gasteiger partial charge is 0.248 e. The first-order valence-electron chi connectivity index (χ1n) is 8.08. The largest absolute Gasteiger partial charge is 0.511 e. The quantitative estimate of drug-likeness (QED) is 0.786. The SMILES string of the molecule is Cc1cc(C)c(C2=C(O)C3(CCC(F)(F)CC3)CC2=O)c(C)c1. The Hall–Kier alpha value is -1.71. The van der Waals surface area contributed by atoms with E-state index in [4.69, 9.17) is 0 Å². The first kappa shape index (κ1) is 16.2. The van der Waals surface area contributed by atoms with Crippen molar-refractivity contribution in [2.45, 2.75) is 58.8 Å². The molecule has 2 aliphatic carbocycles. The lowest BCUT2D eigenvalue weighted by Gasteiger charge is -2.36. The van der Waals surface area contributed by atoms with Crippen molar-refractivity contribution in [3.05, 3.63) is 40.1 Å². The minimum absolute atomic E-state index is 0.0352. The number of allylic oxidation sites excluding steroid dienone is 2. The van der Waals surface area contributed by atoms with Gasteiger partial charge in [-0.3, -0.25) is 4.79 Å². The zero-order valence-corrected chi connectivity index (χ0v) is 13.8. The van der Waals surface area contributed by atoms with Crippen LogP contribution in [0.3, 0.4) is 0 Å². The molecule has 0 unspecified atom stereocenters. The first-order chi connectivity index (χ1) is 10.7. The highest BCUT2D eigenvalue weighted by Gasteiger charge is 2.52. The first-order valence-corrected chi connectivity index (χ1v) is 8.08. The van der Waals surface area contributed by atoms with Crippen molar-refractivity contribution < 1.29 is 18.7 Å². The number of halogens is 2. The number of benzene rings is 1. The van der Waals surface area contributed by atoms with E-state index in [0.29, 0.717) is 5.57 Å². The van der Waals surface area contributed by atoms with Crippen molar-refractivity contribution in [2.75, 3.05) is 0 Å². The van der Waals surface area contributed by atoms with Crippen LogP contribution in [-0.2, 0) is 4.79 Å². The minimum Gasteiger partial charge on any atom is -0.511 e. The Balaban J connectivity index is 2.08. The molecule has 0 radical (unpaired) electrons. The highest BCUT2D eigenvalue weighted by molar-refractivity contribution is 6.24. The second-order valence-electron chi connectivity index (χ2n) is 7.23. The molecule has 1 N–H and O–H groups in total. The third kappa shape index (κ3) is 2.58. The molecule has 0 heterocycles. The van der Waals surface area contributed by atoms with Crippen LogP contribution in [0.2, 0.25) is 0 Å². The summed E-state index contributed by atoms with van der Waals surface area (Å²) in [5, 5.41) is 10.8. The van der Waals surface area contributed by atoms with Gasteiger partial charge >= 0.3 is 0 Å². The fraction of sp³-hybridized carbons (Fsp3) is 0.526. The fourth-order valence-corrected chi connectivity index (χ4v) is 4.22. The molecule has 0 aromatic heterocycles. The van der Waals surface area contributed by atoms with Crippen LogP contribution in [-0.4, -0.2) is 16.8 Å². The van der Waals surface area contributed by atoms with Gasteiger partial charge in [0.05, 0.1) is 5.57 Å². The molecular formula is C19H22F2O2. The molecule has 0 bridgehead atoms. The maximum Gasteiger partial charge on any atom is 0.248 e. The van der Waals surface area contributed by atoms with Gasteiger partial charge in [0.1, 0.15) is 5.76 Å². The van der Waals surface area contributed by atoms with Gasteiger partial charge in [0.2, 0.25) is 5.92 Å². The van der Waals surface area contributed by atoms with Gasteiger partial charge in [-0.15, -0.1) is 0 Å². The molecule has 2 nitrogen and oxygen atoms in total. The van der Waals surface area contributed by atoms with E-state index in [0.717, 1.165) is 22.3 Å². The van der Waals surface area contributed by atoms with E-state index in [1.165, 1.54) is 0 Å². The summed E-state index contributed by atoms with van der Waals surface area (Å²) in [6, 6.07) is 3.96. The molecule has 0 atom stereocenters. The van der Waals surface area contributed by atoms with Gasteiger partial charge in [-0.2, -0.15) is 0 Å². The molecule has 0 aliphatic heterocycles. The van der Waals surface area contributed by atoms with Crippen LogP contribution < -0.4 is 0 Å². The molecule has 0 saturated heterocycles. The van der Waals surface area contributed by atoms with Crippen LogP contribution in [0, 0.1) is 26.2 Å². The van der Waals surface area contributed by atoms with Crippen LogP contribution in [0.15, 0.2) is 17.9 Å². The maximum atomic E-state index is 13.5. The van der Waals surface area contributed by atoms with Crippen LogP contribution in [0.25, 0.3) is 5.57 Å². The van der Waals surface area contributed by atoms with Crippen molar-refractivity contribution in [1.82, 2.24) is 0 Å². The summed E-state index contributed by atoms with van der Waals surface area (Å²) in [4.78, 5) is 12.6. The number of carbonyl (C=O) groups excluding carboxylic acids is 1. The lowest BCUT2D eigenvalue weighted by atomic mass is 9.71. The van der Waals surface area contributed by atoms with Crippen LogP contribution in [0.1, 0.15) is 54.4 Å². The van der Waals surface area contributed by atoms with Gasteiger partial charge in [-0.25, -0.2) is 8.78 Å². The van der Waals surface area contributed by atoms with E-state index in [1.54, 1.807) is 0 Å². The fourth-order valence-electron chi connectivity index (χ4n) is 4.22. The van der Waals surface area contributed by atoms with Gasteiger partial charge in [0, 0.05) is 24.7 Å². The molecule has 23 heavy (non-hydrogen) atoms. The number of hydrogen-bond acceptors (Lipinski definition) is 2. The Bertz CT molecular complexity index is 683. The minimum atomic E-state index is -2.67. The number of aliphatic hydroxyl groups is 1. The van der Waals surface area contributed by atoms with E-state index in [2.05, 4.69) is 0 Å². The predicted molar refractivity (Wildman–Crippen MR) is 85.7 cm³/mol.